The van der Waals surface area contributed by atoms with Gasteiger partial charge in [0.2, 0.25) is 0 Å². The quantitative estimate of drug-likeness (QED) is 0.0262. The van der Waals surface area contributed by atoms with E-state index in [4.69, 9.17) is 14.2 Å². The van der Waals surface area contributed by atoms with Gasteiger partial charge in [-0.3, -0.25) is 14.4 Å². The Kier molecular flexibility index (Phi) is 55.7. The van der Waals surface area contributed by atoms with Gasteiger partial charge in [0.05, 0.1) is 0 Å². The maximum Gasteiger partial charge on any atom is 0.306 e. The van der Waals surface area contributed by atoms with E-state index < -0.39 is 6.10 Å². The van der Waals surface area contributed by atoms with Gasteiger partial charge < -0.3 is 14.2 Å². The lowest BCUT2D eigenvalue weighted by molar-refractivity contribution is -0.167. The summed E-state index contributed by atoms with van der Waals surface area (Å²) in [5.74, 6) is -0.856. The Morgan fingerprint density at radius 1 is 0.279 bits per heavy atom. The number of carbonyl (C=O) groups is 3. The smallest absolute Gasteiger partial charge is 0.306 e. The van der Waals surface area contributed by atoms with E-state index in [1.807, 2.05) is 0 Å². The van der Waals surface area contributed by atoms with E-state index in [2.05, 4.69) is 45.1 Å². The monoisotopic (exact) mass is 957 g/mol. The molecule has 0 N–H and O–H groups in total. The number of ether oxygens (including phenoxy) is 3. The van der Waals surface area contributed by atoms with Crippen LogP contribution in [0, 0.1) is 0 Å². The summed E-state index contributed by atoms with van der Waals surface area (Å²) in [5, 5.41) is 0. The number of esters is 3. The highest BCUT2D eigenvalue weighted by molar-refractivity contribution is 5.71. The molecule has 0 fully saturated rings. The standard InChI is InChI=1S/C62H116O6/c1-4-7-10-13-16-19-22-25-28-30-31-33-34-37-40-43-46-49-52-55-61(64)67-58-59(57-66-60(63)54-51-48-45-42-39-36-27-24-21-18-15-12-9-6-3)68-62(65)56-53-50-47-44-41-38-35-32-29-26-23-20-17-14-11-8-5-2/h26,29-31,59H,4-25,27-28,32-58H2,1-3H3/b29-26-,31-30-/t59-/m1/s1. The summed E-state index contributed by atoms with van der Waals surface area (Å²) in [6.07, 6.45) is 67.4. The summed E-state index contributed by atoms with van der Waals surface area (Å²) in [6.45, 7) is 6.68. The molecule has 0 radical (unpaired) electrons. The average molecular weight is 958 g/mol. The third kappa shape index (κ3) is 54.8. The highest BCUT2D eigenvalue weighted by Gasteiger charge is 2.19. The molecular weight excluding hydrogens is 841 g/mol. The molecule has 0 saturated heterocycles. The third-order valence-electron chi connectivity index (χ3n) is 13.7. The van der Waals surface area contributed by atoms with E-state index in [1.54, 1.807) is 0 Å². The van der Waals surface area contributed by atoms with Crippen LogP contribution in [0.15, 0.2) is 24.3 Å². The molecule has 1 atom stereocenters. The Morgan fingerprint density at radius 2 is 0.485 bits per heavy atom. The first-order chi connectivity index (χ1) is 33.5. The fourth-order valence-corrected chi connectivity index (χ4v) is 9.08. The van der Waals surface area contributed by atoms with Crippen LogP contribution in [-0.2, 0) is 28.6 Å². The number of unbranched alkanes of at least 4 members (excludes halogenated alkanes) is 41. The minimum atomic E-state index is -0.772. The fourth-order valence-electron chi connectivity index (χ4n) is 9.08. The predicted molar refractivity (Wildman–Crippen MR) is 293 cm³/mol. The summed E-state index contributed by atoms with van der Waals surface area (Å²) >= 11 is 0. The molecule has 0 aromatic carbocycles. The predicted octanol–water partition coefficient (Wildman–Crippen LogP) is 20.3. The van der Waals surface area contributed by atoms with Crippen molar-refractivity contribution in [2.45, 2.75) is 341 Å². The zero-order chi connectivity index (χ0) is 49.3. The molecule has 0 rings (SSSR count). The number of carbonyl (C=O) groups excluding carboxylic acids is 3. The molecule has 6 nitrogen and oxygen atoms in total. The molecule has 0 aromatic heterocycles. The first-order valence-electron chi connectivity index (χ1n) is 30.3. The average Bonchev–Trinajstić information content (AvgIpc) is 3.34. The van der Waals surface area contributed by atoms with Gasteiger partial charge in [0.15, 0.2) is 6.10 Å². The largest absolute Gasteiger partial charge is 0.462 e. The minimum Gasteiger partial charge on any atom is -0.462 e. The molecule has 0 heterocycles. The number of hydrogen-bond acceptors (Lipinski definition) is 6. The van der Waals surface area contributed by atoms with Crippen LogP contribution in [0.25, 0.3) is 0 Å². The van der Waals surface area contributed by atoms with Crippen LogP contribution in [0.3, 0.4) is 0 Å². The lowest BCUT2D eigenvalue weighted by Crippen LogP contribution is -2.30. The molecule has 400 valence electrons. The zero-order valence-corrected chi connectivity index (χ0v) is 45.9. The van der Waals surface area contributed by atoms with Crippen molar-refractivity contribution < 1.29 is 28.6 Å². The maximum atomic E-state index is 12.9. The lowest BCUT2D eigenvalue weighted by Gasteiger charge is -2.18. The molecule has 0 aliphatic heterocycles. The van der Waals surface area contributed by atoms with Gasteiger partial charge in [-0.2, -0.15) is 0 Å². The molecule has 0 aliphatic carbocycles. The van der Waals surface area contributed by atoms with Gasteiger partial charge in [-0.05, 0) is 70.6 Å². The van der Waals surface area contributed by atoms with E-state index in [1.165, 1.54) is 238 Å². The normalized spacial score (nSPS) is 12.1. The summed E-state index contributed by atoms with van der Waals surface area (Å²) in [6, 6.07) is 0. The Labute approximate surface area is 423 Å². The topological polar surface area (TPSA) is 78.9 Å². The van der Waals surface area contributed by atoms with Crippen LogP contribution < -0.4 is 0 Å². The zero-order valence-electron chi connectivity index (χ0n) is 45.9. The van der Waals surface area contributed by atoms with Crippen molar-refractivity contribution in [3.8, 4) is 0 Å². The van der Waals surface area contributed by atoms with Gasteiger partial charge in [-0.15, -0.1) is 0 Å². The van der Waals surface area contributed by atoms with Gasteiger partial charge in [0.25, 0.3) is 0 Å². The van der Waals surface area contributed by atoms with E-state index >= 15 is 0 Å². The van der Waals surface area contributed by atoms with Crippen LogP contribution in [0.2, 0.25) is 0 Å². The van der Waals surface area contributed by atoms with Crippen LogP contribution in [-0.4, -0.2) is 37.2 Å². The first kappa shape index (κ1) is 65.9. The SMILES string of the molecule is CCCCCCCC/C=C\CCCCCCCCCC(=O)O[C@@H](COC(=O)CCCCCCCCC/C=C\CCCCCCCCCC)COC(=O)CCCCCCCCCCCCCCCC. The van der Waals surface area contributed by atoms with Crippen molar-refractivity contribution in [2.75, 3.05) is 13.2 Å². The summed E-state index contributed by atoms with van der Waals surface area (Å²) in [7, 11) is 0. The van der Waals surface area contributed by atoms with E-state index in [0.717, 1.165) is 57.8 Å². The van der Waals surface area contributed by atoms with Crippen molar-refractivity contribution in [1.82, 2.24) is 0 Å². The number of allylic oxidation sites excluding steroid dienone is 4. The van der Waals surface area contributed by atoms with E-state index in [0.29, 0.717) is 19.3 Å². The number of hydrogen-bond donors (Lipinski definition) is 0. The molecule has 0 amide bonds. The third-order valence-corrected chi connectivity index (χ3v) is 13.7. The fraction of sp³-hybridized carbons (Fsp3) is 0.887. The summed E-state index contributed by atoms with van der Waals surface area (Å²) in [4.78, 5) is 38.2. The Morgan fingerprint density at radius 3 is 0.735 bits per heavy atom. The minimum absolute atomic E-state index is 0.0697. The summed E-state index contributed by atoms with van der Waals surface area (Å²) in [5.41, 5.74) is 0. The van der Waals surface area contributed by atoms with E-state index in [9.17, 15) is 14.4 Å². The second-order valence-electron chi connectivity index (χ2n) is 20.6. The van der Waals surface area contributed by atoms with Crippen molar-refractivity contribution >= 4 is 17.9 Å². The molecule has 0 bridgehead atoms. The van der Waals surface area contributed by atoms with Crippen LogP contribution >= 0.6 is 0 Å². The molecule has 6 heteroatoms. The lowest BCUT2D eigenvalue weighted by atomic mass is 10.0. The Hall–Kier alpha value is -2.11. The summed E-state index contributed by atoms with van der Waals surface area (Å²) < 4.78 is 16.9. The second kappa shape index (κ2) is 57.5. The van der Waals surface area contributed by atoms with Gasteiger partial charge >= 0.3 is 17.9 Å². The number of rotatable bonds is 56. The van der Waals surface area contributed by atoms with Crippen LogP contribution in [0.5, 0.6) is 0 Å². The molecule has 0 aliphatic rings. The molecule has 0 aromatic rings. The highest BCUT2D eigenvalue weighted by Crippen LogP contribution is 2.17. The van der Waals surface area contributed by atoms with Gasteiger partial charge in [0, 0.05) is 19.3 Å². The van der Waals surface area contributed by atoms with Crippen molar-refractivity contribution in [1.29, 1.82) is 0 Å². The van der Waals surface area contributed by atoms with Crippen molar-refractivity contribution in [3.63, 3.8) is 0 Å². The molecular formula is C62H116O6. The van der Waals surface area contributed by atoms with E-state index in [-0.39, 0.29) is 31.1 Å². The Balaban J connectivity index is 4.33. The van der Waals surface area contributed by atoms with Gasteiger partial charge in [-0.25, -0.2) is 0 Å². The van der Waals surface area contributed by atoms with Gasteiger partial charge in [0.1, 0.15) is 13.2 Å². The molecule has 0 spiro atoms. The first-order valence-corrected chi connectivity index (χ1v) is 30.3. The highest BCUT2D eigenvalue weighted by atomic mass is 16.6. The molecule has 68 heavy (non-hydrogen) atoms. The second-order valence-corrected chi connectivity index (χ2v) is 20.6. The maximum absolute atomic E-state index is 12.9. The molecule has 0 unspecified atom stereocenters. The van der Waals surface area contributed by atoms with Crippen molar-refractivity contribution in [2.24, 2.45) is 0 Å². The van der Waals surface area contributed by atoms with Crippen LogP contribution in [0.1, 0.15) is 335 Å². The Bertz CT molecular complexity index is 1100. The molecule has 0 saturated carbocycles. The van der Waals surface area contributed by atoms with Crippen LogP contribution in [0.4, 0.5) is 0 Å². The van der Waals surface area contributed by atoms with Crippen molar-refractivity contribution in [3.05, 3.63) is 24.3 Å². The van der Waals surface area contributed by atoms with Gasteiger partial charge in [-0.1, -0.05) is 270 Å².